The second-order valence-electron chi connectivity index (χ2n) is 5.19. The fourth-order valence-corrected chi connectivity index (χ4v) is 4.62. The molecule has 0 fully saturated rings. The number of thioether (sulfide) groups is 1. The molecule has 0 bridgehead atoms. The molecular formula is C17H15BrClNOS. The molecule has 0 saturated heterocycles. The molecule has 0 radical (unpaired) electrons. The number of carbonyl (C=O) groups excluding carboxylic acids is 1. The van der Waals surface area contributed by atoms with Crippen LogP contribution in [0.1, 0.15) is 16.0 Å². The first-order chi connectivity index (χ1) is 10.6. The van der Waals surface area contributed by atoms with E-state index in [4.69, 9.17) is 11.6 Å². The van der Waals surface area contributed by atoms with Gasteiger partial charge in [-0.1, -0.05) is 51.8 Å². The Morgan fingerprint density at radius 3 is 2.68 bits per heavy atom. The van der Waals surface area contributed by atoms with Crippen LogP contribution in [0, 0.1) is 0 Å². The van der Waals surface area contributed by atoms with Gasteiger partial charge in [0.25, 0.3) is 0 Å². The smallest absolute Gasteiger partial charge is 0.237 e. The van der Waals surface area contributed by atoms with Crippen LogP contribution in [0.5, 0.6) is 0 Å². The lowest BCUT2D eigenvalue weighted by Gasteiger charge is -2.14. The minimum Gasteiger partial charge on any atom is -0.325 e. The van der Waals surface area contributed by atoms with Crippen molar-refractivity contribution < 1.29 is 4.79 Å². The highest BCUT2D eigenvalue weighted by Crippen LogP contribution is 2.36. The van der Waals surface area contributed by atoms with Crippen LogP contribution in [0.25, 0.3) is 0 Å². The van der Waals surface area contributed by atoms with E-state index in [0.29, 0.717) is 9.85 Å². The Morgan fingerprint density at radius 2 is 1.91 bits per heavy atom. The van der Waals surface area contributed by atoms with Crippen LogP contribution < -0.4 is 5.32 Å². The summed E-state index contributed by atoms with van der Waals surface area (Å²) in [5.41, 5.74) is 3.31. The third-order valence-electron chi connectivity index (χ3n) is 3.65. The summed E-state index contributed by atoms with van der Waals surface area (Å²) >= 11 is 11.3. The molecule has 2 nitrogen and oxygen atoms in total. The zero-order valence-corrected chi connectivity index (χ0v) is 14.9. The number of halogens is 2. The quantitative estimate of drug-likeness (QED) is 0.718. The van der Waals surface area contributed by atoms with Crippen molar-refractivity contribution in [1.29, 1.82) is 0 Å². The van der Waals surface area contributed by atoms with Crippen molar-refractivity contribution in [1.82, 2.24) is 0 Å². The van der Waals surface area contributed by atoms with E-state index in [-0.39, 0.29) is 11.2 Å². The van der Waals surface area contributed by atoms with Gasteiger partial charge >= 0.3 is 0 Å². The molecule has 0 saturated carbocycles. The van der Waals surface area contributed by atoms with E-state index in [0.717, 1.165) is 17.9 Å². The Bertz CT molecular complexity index is 677. The van der Waals surface area contributed by atoms with Crippen LogP contribution in [-0.2, 0) is 11.2 Å². The molecule has 0 spiro atoms. The van der Waals surface area contributed by atoms with Crippen molar-refractivity contribution in [2.75, 3.05) is 11.1 Å². The lowest BCUT2D eigenvalue weighted by molar-refractivity contribution is -0.115. The maximum Gasteiger partial charge on any atom is 0.237 e. The number of alkyl halides is 1. The Morgan fingerprint density at radius 1 is 1.18 bits per heavy atom. The zero-order valence-electron chi connectivity index (χ0n) is 11.8. The first-order valence-electron chi connectivity index (χ1n) is 7.03. The van der Waals surface area contributed by atoms with Gasteiger partial charge in [-0.15, -0.1) is 11.8 Å². The maximum absolute atomic E-state index is 12.5. The topological polar surface area (TPSA) is 29.1 Å². The molecular weight excluding hydrogens is 382 g/mol. The summed E-state index contributed by atoms with van der Waals surface area (Å²) in [6, 6.07) is 15.5. The van der Waals surface area contributed by atoms with E-state index >= 15 is 0 Å². The van der Waals surface area contributed by atoms with Crippen LogP contribution >= 0.6 is 39.3 Å². The number of amides is 1. The molecule has 2 aromatic carbocycles. The highest BCUT2D eigenvalue weighted by Gasteiger charge is 2.27. The Labute approximate surface area is 147 Å². The molecule has 22 heavy (non-hydrogen) atoms. The average Bonchev–Trinajstić information content (AvgIpc) is 2.69. The van der Waals surface area contributed by atoms with Gasteiger partial charge in [-0.25, -0.2) is 0 Å². The van der Waals surface area contributed by atoms with E-state index in [1.807, 2.05) is 24.3 Å². The van der Waals surface area contributed by atoms with Gasteiger partial charge < -0.3 is 5.32 Å². The van der Waals surface area contributed by atoms with Gasteiger partial charge in [-0.2, -0.15) is 0 Å². The lowest BCUT2D eigenvalue weighted by Crippen LogP contribution is -2.27. The predicted molar refractivity (Wildman–Crippen MR) is 98.1 cm³/mol. The van der Waals surface area contributed by atoms with E-state index < -0.39 is 0 Å². The molecule has 3 rings (SSSR count). The first-order valence-corrected chi connectivity index (χ1v) is 9.37. The molecule has 1 heterocycles. The van der Waals surface area contributed by atoms with Gasteiger partial charge in [0.05, 0.1) is 5.25 Å². The van der Waals surface area contributed by atoms with Gasteiger partial charge in [-0.05, 0) is 41.8 Å². The van der Waals surface area contributed by atoms with Crippen LogP contribution in [0.15, 0.2) is 48.5 Å². The second kappa shape index (κ2) is 7.07. The molecule has 2 atom stereocenters. The molecule has 2 aromatic rings. The standard InChI is InChI=1S/C17H15BrClNOS/c18-15-10-22-16(9-11-3-1-2-4-14(11)15)17(21)20-13-7-5-12(19)6-8-13/h1-8,15-16H,9-10H2,(H,20,21). The van der Waals surface area contributed by atoms with Crippen LogP contribution in [-0.4, -0.2) is 16.9 Å². The molecule has 1 aliphatic rings. The van der Waals surface area contributed by atoms with Gasteiger partial charge in [0.15, 0.2) is 0 Å². The van der Waals surface area contributed by atoms with E-state index in [2.05, 4.69) is 33.4 Å². The van der Waals surface area contributed by atoms with Crippen molar-refractivity contribution in [3.05, 3.63) is 64.7 Å². The highest BCUT2D eigenvalue weighted by molar-refractivity contribution is 9.09. The summed E-state index contributed by atoms with van der Waals surface area (Å²) in [5.74, 6) is 0.930. The largest absolute Gasteiger partial charge is 0.325 e. The normalized spacial score (nSPS) is 20.8. The molecule has 2 unspecified atom stereocenters. The zero-order chi connectivity index (χ0) is 15.5. The van der Waals surface area contributed by atoms with Crippen molar-refractivity contribution >= 4 is 50.9 Å². The number of hydrogen-bond acceptors (Lipinski definition) is 2. The third-order valence-corrected chi connectivity index (χ3v) is 6.45. The van der Waals surface area contributed by atoms with Gasteiger partial charge in [0, 0.05) is 21.3 Å². The van der Waals surface area contributed by atoms with Crippen molar-refractivity contribution in [2.45, 2.75) is 16.5 Å². The van der Waals surface area contributed by atoms with Crippen molar-refractivity contribution in [3.8, 4) is 0 Å². The number of hydrogen-bond donors (Lipinski definition) is 1. The Hall–Kier alpha value is -0.970. The van der Waals surface area contributed by atoms with Crippen LogP contribution in [0.3, 0.4) is 0 Å². The molecule has 5 heteroatoms. The van der Waals surface area contributed by atoms with Gasteiger partial charge in [0.2, 0.25) is 5.91 Å². The number of anilines is 1. The number of fused-ring (bicyclic) bond motifs is 1. The fourth-order valence-electron chi connectivity index (χ4n) is 2.50. The van der Waals surface area contributed by atoms with Crippen molar-refractivity contribution in [2.24, 2.45) is 0 Å². The number of carbonyl (C=O) groups is 1. The summed E-state index contributed by atoms with van der Waals surface area (Å²) in [7, 11) is 0. The highest BCUT2D eigenvalue weighted by atomic mass is 79.9. The summed E-state index contributed by atoms with van der Waals surface area (Å²) in [6.45, 7) is 0. The predicted octanol–water partition coefficient (Wildman–Crippen LogP) is 5.07. The van der Waals surface area contributed by atoms with Crippen molar-refractivity contribution in [3.63, 3.8) is 0 Å². The fraction of sp³-hybridized carbons (Fsp3) is 0.235. The molecule has 0 aliphatic carbocycles. The average molecular weight is 397 g/mol. The summed E-state index contributed by atoms with van der Waals surface area (Å²) < 4.78 is 0. The third kappa shape index (κ3) is 3.67. The van der Waals surface area contributed by atoms with Gasteiger partial charge in [-0.3, -0.25) is 4.79 Å². The monoisotopic (exact) mass is 395 g/mol. The van der Waals surface area contributed by atoms with E-state index in [1.54, 1.807) is 23.9 Å². The maximum atomic E-state index is 12.5. The SMILES string of the molecule is O=C(Nc1ccc(Cl)cc1)C1Cc2ccccc2C(Br)CS1. The molecule has 0 aromatic heterocycles. The minimum absolute atomic E-state index is 0.0451. The molecule has 114 valence electrons. The Balaban J connectivity index is 1.75. The summed E-state index contributed by atoms with van der Waals surface area (Å²) in [4.78, 5) is 12.8. The number of nitrogens with one attached hydrogen (secondary N) is 1. The first kappa shape index (κ1) is 15.9. The lowest BCUT2D eigenvalue weighted by atomic mass is 10.0. The van der Waals surface area contributed by atoms with E-state index in [1.165, 1.54) is 11.1 Å². The summed E-state index contributed by atoms with van der Waals surface area (Å²) in [5, 5.41) is 3.56. The minimum atomic E-state index is -0.0839. The molecule has 1 aliphatic heterocycles. The number of rotatable bonds is 2. The second-order valence-corrected chi connectivity index (χ2v) is 7.97. The Kier molecular flexibility index (Phi) is 5.11. The van der Waals surface area contributed by atoms with Crippen LogP contribution in [0.2, 0.25) is 5.02 Å². The summed E-state index contributed by atoms with van der Waals surface area (Å²) in [6.07, 6.45) is 0.752. The van der Waals surface area contributed by atoms with Gasteiger partial charge in [0.1, 0.15) is 0 Å². The molecule has 1 N–H and O–H groups in total. The molecule has 1 amide bonds. The van der Waals surface area contributed by atoms with Crippen LogP contribution in [0.4, 0.5) is 5.69 Å². The van der Waals surface area contributed by atoms with E-state index in [9.17, 15) is 4.79 Å². The number of benzene rings is 2.